The summed E-state index contributed by atoms with van der Waals surface area (Å²) >= 11 is 0. The Morgan fingerprint density at radius 3 is 2.34 bits per heavy atom. The average Bonchev–Trinajstić information content (AvgIpc) is 3.64. The Morgan fingerprint density at radius 1 is 0.828 bits per heavy atom. The number of allylic oxidation sites excluding steroid dienone is 1. The molecule has 58 heavy (non-hydrogen) atoms. The Morgan fingerprint density at radius 2 is 1.59 bits per heavy atom. The molecule has 3 amide bonds. The number of hydrogen-bond acceptors (Lipinski definition) is 8. The second-order valence-electron chi connectivity index (χ2n) is 15.4. The third kappa shape index (κ3) is 7.95. The van der Waals surface area contributed by atoms with Crippen molar-refractivity contribution in [3.63, 3.8) is 0 Å². The third-order valence-corrected chi connectivity index (χ3v) is 11.7. The molecule has 3 aliphatic heterocycles. The number of amides is 3. The van der Waals surface area contributed by atoms with E-state index in [1.807, 2.05) is 35.9 Å². The van der Waals surface area contributed by atoms with Crippen LogP contribution in [0.1, 0.15) is 70.5 Å². The number of pyridine rings is 2. The van der Waals surface area contributed by atoms with E-state index in [0.717, 1.165) is 78.7 Å². The van der Waals surface area contributed by atoms with Crippen LogP contribution >= 0.6 is 0 Å². The van der Waals surface area contributed by atoms with Crippen LogP contribution in [0.25, 0.3) is 32.9 Å². The summed E-state index contributed by atoms with van der Waals surface area (Å²) in [5.41, 5.74) is 3.57. The van der Waals surface area contributed by atoms with E-state index in [4.69, 9.17) is 4.74 Å². The van der Waals surface area contributed by atoms with Gasteiger partial charge in [0, 0.05) is 79.4 Å². The van der Waals surface area contributed by atoms with Gasteiger partial charge < -0.3 is 24.4 Å². The van der Waals surface area contributed by atoms with Crippen LogP contribution in [0.5, 0.6) is 5.75 Å². The highest BCUT2D eigenvalue weighted by molar-refractivity contribution is 6.23. The first kappa shape index (κ1) is 39.2. The zero-order valence-corrected chi connectivity index (χ0v) is 32.5. The summed E-state index contributed by atoms with van der Waals surface area (Å²) in [6, 6.07) is 12.9. The van der Waals surface area contributed by atoms with Crippen LogP contribution in [0.3, 0.4) is 0 Å². The molecule has 11 nitrogen and oxygen atoms in total. The molecule has 2 fully saturated rings. The molecule has 8 rings (SSSR count). The number of piperazine rings is 1. The van der Waals surface area contributed by atoms with Crippen molar-refractivity contribution in [1.29, 1.82) is 0 Å². The number of unbranched alkanes of at least 4 members (excludes halogenated alkanes) is 2. The number of halogens is 3. The minimum atomic E-state index is -4.51. The second kappa shape index (κ2) is 16.3. The Hall–Kier alpha value is -5.60. The first-order valence-electron chi connectivity index (χ1n) is 19.9. The molecule has 0 radical (unpaired) electrons. The number of aryl methyl sites for hydroxylation is 2. The van der Waals surface area contributed by atoms with Crippen LogP contribution in [-0.2, 0) is 24.4 Å². The predicted molar refractivity (Wildman–Crippen MR) is 214 cm³/mol. The number of piperidine rings is 1. The molecule has 3 aliphatic rings. The standard InChI is InChI=1S/C44H46F3N7O4/c1-28-8-13-39(41(55)50-28)54-42(56)33-12-10-31(25-34(33)43(54)57)58-22-5-3-4-16-52-18-20-53(21-19-52)17-6-7-37-36(44(45,46)47)23-30(26-49-37)29-9-11-32-35-27-48-15-14-38(35)51(2)40(32)24-29/h9-12,14-15,23-27,39H,1,3-8,13,16-22H2,2H3,(H,50,55). The van der Waals surface area contributed by atoms with Crippen LogP contribution in [0.15, 0.2) is 79.4 Å². The number of fused-ring (bicyclic) bond motifs is 4. The smallest absolute Gasteiger partial charge is 0.418 e. The summed E-state index contributed by atoms with van der Waals surface area (Å²) in [7, 11) is 1.94. The molecule has 1 atom stereocenters. The van der Waals surface area contributed by atoms with Gasteiger partial charge in [-0.15, -0.1) is 0 Å². The van der Waals surface area contributed by atoms with E-state index in [-0.39, 0.29) is 23.2 Å². The van der Waals surface area contributed by atoms with Gasteiger partial charge in [0.1, 0.15) is 11.8 Å². The summed E-state index contributed by atoms with van der Waals surface area (Å²) in [4.78, 5) is 53.0. The topological polar surface area (TPSA) is 113 Å². The van der Waals surface area contributed by atoms with Crippen LogP contribution < -0.4 is 10.1 Å². The molecule has 6 heterocycles. The van der Waals surface area contributed by atoms with Crippen molar-refractivity contribution in [2.24, 2.45) is 7.05 Å². The van der Waals surface area contributed by atoms with Crippen molar-refractivity contribution in [1.82, 2.24) is 34.6 Å². The summed E-state index contributed by atoms with van der Waals surface area (Å²) in [6.07, 6.45) is 5.07. The Bertz CT molecular complexity index is 2400. The molecule has 5 aromatic rings. The predicted octanol–water partition coefficient (Wildman–Crippen LogP) is 7.00. The van der Waals surface area contributed by atoms with Gasteiger partial charge in [0.15, 0.2) is 0 Å². The maximum absolute atomic E-state index is 14.3. The highest BCUT2D eigenvalue weighted by Gasteiger charge is 2.44. The van der Waals surface area contributed by atoms with E-state index < -0.39 is 35.5 Å². The van der Waals surface area contributed by atoms with Gasteiger partial charge >= 0.3 is 6.18 Å². The van der Waals surface area contributed by atoms with Gasteiger partial charge in [-0.25, -0.2) is 0 Å². The van der Waals surface area contributed by atoms with Crippen LogP contribution in [0.2, 0.25) is 0 Å². The monoisotopic (exact) mass is 793 g/mol. The number of nitrogens with one attached hydrogen (secondary N) is 1. The van der Waals surface area contributed by atoms with Gasteiger partial charge in [-0.1, -0.05) is 18.7 Å². The number of alkyl halides is 3. The van der Waals surface area contributed by atoms with Gasteiger partial charge in [0.25, 0.3) is 11.8 Å². The molecule has 1 N–H and O–H groups in total. The lowest BCUT2D eigenvalue weighted by molar-refractivity contribution is -0.138. The lowest BCUT2D eigenvalue weighted by Crippen LogP contribution is -2.51. The van der Waals surface area contributed by atoms with E-state index in [9.17, 15) is 27.6 Å². The fourth-order valence-electron chi connectivity index (χ4n) is 8.46. The van der Waals surface area contributed by atoms with E-state index in [1.54, 1.807) is 36.8 Å². The molecular weight excluding hydrogens is 748 g/mol. The maximum Gasteiger partial charge on any atom is 0.418 e. The summed E-state index contributed by atoms with van der Waals surface area (Å²) in [5, 5.41) is 4.64. The molecule has 14 heteroatoms. The van der Waals surface area contributed by atoms with E-state index >= 15 is 0 Å². The van der Waals surface area contributed by atoms with E-state index in [1.165, 1.54) is 6.07 Å². The number of imide groups is 1. The number of ether oxygens (including phenoxy) is 1. The van der Waals surface area contributed by atoms with E-state index in [2.05, 4.69) is 31.7 Å². The van der Waals surface area contributed by atoms with Crippen molar-refractivity contribution in [2.75, 3.05) is 45.9 Å². The Balaban J connectivity index is 0.756. The molecule has 0 saturated carbocycles. The van der Waals surface area contributed by atoms with Gasteiger partial charge in [-0.05, 0) is 100.0 Å². The molecular formula is C44H46F3N7O4. The minimum absolute atomic E-state index is 0.0827. The Labute approximate surface area is 334 Å². The zero-order valence-electron chi connectivity index (χ0n) is 32.5. The van der Waals surface area contributed by atoms with Gasteiger partial charge in [-0.2, -0.15) is 13.2 Å². The average molecular weight is 794 g/mol. The summed E-state index contributed by atoms with van der Waals surface area (Å²) in [6.45, 7) is 9.45. The molecule has 0 aliphatic carbocycles. The minimum Gasteiger partial charge on any atom is -0.494 e. The molecule has 3 aromatic heterocycles. The van der Waals surface area contributed by atoms with Crippen molar-refractivity contribution in [3.8, 4) is 16.9 Å². The van der Waals surface area contributed by atoms with Crippen molar-refractivity contribution >= 4 is 39.5 Å². The normalized spacial score (nSPS) is 18.1. The van der Waals surface area contributed by atoms with Gasteiger partial charge in [0.2, 0.25) is 5.91 Å². The number of carbonyl (C=O) groups is 3. The van der Waals surface area contributed by atoms with Crippen LogP contribution in [-0.4, -0.2) is 98.9 Å². The largest absolute Gasteiger partial charge is 0.494 e. The fourth-order valence-corrected chi connectivity index (χ4v) is 8.46. The van der Waals surface area contributed by atoms with Gasteiger partial charge in [0.05, 0.1) is 34.5 Å². The first-order chi connectivity index (χ1) is 28.0. The first-order valence-corrected chi connectivity index (χ1v) is 19.9. The fraction of sp³-hybridized carbons (Fsp3) is 0.386. The summed E-state index contributed by atoms with van der Waals surface area (Å²) in [5.74, 6) is -0.840. The van der Waals surface area contributed by atoms with Crippen molar-refractivity contribution in [2.45, 2.75) is 57.2 Å². The quantitative estimate of drug-likeness (QED) is 0.100. The molecule has 2 saturated heterocycles. The van der Waals surface area contributed by atoms with Crippen LogP contribution in [0.4, 0.5) is 13.2 Å². The second-order valence-corrected chi connectivity index (χ2v) is 15.4. The molecule has 1 unspecified atom stereocenters. The molecule has 302 valence electrons. The molecule has 2 aromatic carbocycles. The van der Waals surface area contributed by atoms with Crippen molar-refractivity contribution in [3.05, 3.63) is 102 Å². The Kier molecular flexibility index (Phi) is 11.1. The number of rotatable bonds is 13. The molecule has 0 bridgehead atoms. The van der Waals surface area contributed by atoms with Crippen LogP contribution in [0, 0.1) is 0 Å². The number of nitrogens with zero attached hydrogens (tertiary/aromatic N) is 6. The highest BCUT2D eigenvalue weighted by Crippen LogP contribution is 2.37. The highest BCUT2D eigenvalue weighted by atomic mass is 19.4. The number of aromatic nitrogens is 3. The zero-order chi connectivity index (χ0) is 40.6. The SMILES string of the molecule is C=C1CCC(N2C(=O)c3ccc(OCCCCCN4CCN(CCCc5ncc(-c6ccc7c8cnccc8n(C)c7c6)cc5C(F)(F)F)CC4)cc3C2=O)C(=O)N1. The number of benzene rings is 2. The molecule has 0 spiro atoms. The number of carbonyl (C=O) groups excluding carboxylic acids is 3. The van der Waals surface area contributed by atoms with E-state index in [0.29, 0.717) is 55.0 Å². The van der Waals surface area contributed by atoms with Crippen molar-refractivity contribution < 1.29 is 32.3 Å². The third-order valence-electron chi connectivity index (χ3n) is 11.7. The van der Waals surface area contributed by atoms with Gasteiger partial charge in [-0.3, -0.25) is 29.3 Å². The lowest BCUT2D eigenvalue weighted by Gasteiger charge is -2.34. The maximum atomic E-state index is 14.3. The lowest BCUT2D eigenvalue weighted by atomic mass is 10.0. The number of hydrogen-bond donors (Lipinski definition) is 1. The summed E-state index contributed by atoms with van der Waals surface area (Å²) < 4.78 is 50.9.